The molecule has 3 N–H and O–H groups in total. The van der Waals surface area contributed by atoms with E-state index in [0.717, 1.165) is 0 Å². The van der Waals surface area contributed by atoms with Gasteiger partial charge in [-0.15, -0.1) is 0 Å². The van der Waals surface area contributed by atoms with Gasteiger partial charge in [-0.05, 0) is 0 Å². The van der Waals surface area contributed by atoms with E-state index in [1.807, 2.05) is 0 Å². The number of ether oxygens (including phenoxy) is 1. The zero-order valence-corrected chi connectivity index (χ0v) is 7.43. The van der Waals surface area contributed by atoms with Crippen molar-refractivity contribution in [3.8, 4) is 0 Å². The monoisotopic (exact) mass is 196 g/mol. The third-order valence-corrected chi connectivity index (χ3v) is 1.46. The molecule has 0 aliphatic rings. The molecule has 0 radical (unpaired) electrons. The fraction of sp³-hybridized carbons (Fsp3) is 0.857. The zero-order valence-electron chi connectivity index (χ0n) is 7.43. The molecule has 0 bridgehead atoms. The van der Waals surface area contributed by atoms with Crippen LogP contribution in [0, 0.1) is 0 Å². The van der Waals surface area contributed by atoms with E-state index in [1.165, 1.54) is 7.11 Å². The van der Waals surface area contributed by atoms with E-state index in [4.69, 9.17) is 10.5 Å². The van der Waals surface area contributed by atoms with E-state index < -0.39 is 25.0 Å². The van der Waals surface area contributed by atoms with Crippen LogP contribution >= 0.6 is 0 Å². The van der Waals surface area contributed by atoms with E-state index in [2.05, 4.69) is 5.32 Å². The standard InChI is InChI=1S/C7H14F2N2O2/c1-13-5(3-10)2-7(12)11-4-6(8)9/h5-6H,2-4,10H2,1H3,(H,11,12). The van der Waals surface area contributed by atoms with Gasteiger partial charge in [0, 0.05) is 13.7 Å². The van der Waals surface area contributed by atoms with Crippen molar-refractivity contribution in [2.45, 2.75) is 19.0 Å². The Bertz CT molecular complexity index is 151. The number of amides is 1. The van der Waals surface area contributed by atoms with Gasteiger partial charge in [0.25, 0.3) is 6.43 Å². The molecule has 6 heteroatoms. The fourth-order valence-electron chi connectivity index (χ4n) is 0.733. The van der Waals surface area contributed by atoms with Crippen LogP contribution in [-0.2, 0) is 9.53 Å². The summed E-state index contributed by atoms with van der Waals surface area (Å²) < 4.78 is 28.1. The molecule has 0 aromatic rings. The van der Waals surface area contributed by atoms with Crippen molar-refractivity contribution >= 4 is 5.91 Å². The molecule has 0 heterocycles. The van der Waals surface area contributed by atoms with Crippen molar-refractivity contribution < 1.29 is 18.3 Å². The number of nitrogens with one attached hydrogen (secondary N) is 1. The summed E-state index contributed by atoms with van der Waals surface area (Å²) in [6.07, 6.45) is -2.92. The van der Waals surface area contributed by atoms with Crippen molar-refractivity contribution in [2.24, 2.45) is 5.73 Å². The second kappa shape index (κ2) is 6.73. The highest BCUT2D eigenvalue weighted by Crippen LogP contribution is 1.95. The Balaban J connectivity index is 3.60. The molecule has 1 atom stereocenters. The Morgan fingerprint density at radius 1 is 1.62 bits per heavy atom. The average Bonchev–Trinajstić information content (AvgIpc) is 2.10. The SMILES string of the molecule is COC(CN)CC(=O)NCC(F)F. The molecule has 0 aromatic carbocycles. The lowest BCUT2D eigenvalue weighted by Gasteiger charge is -2.12. The summed E-state index contributed by atoms with van der Waals surface area (Å²) in [4.78, 5) is 10.9. The lowest BCUT2D eigenvalue weighted by Crippen LogP contribution is -2.34. The number of rotatable bonds is 6. The summed E-state index contributed by atoms with van der Waals surface area (Å²) in [6, 6.07) is 0. The number of hydrogen-bond donors (Lipinski definition) is 2. The van der Waals surface area contributed by atoms with Crippen LogP contribution in [0.25, 0.3) is 0 Å². The van der Waals surface area contributed by atoms with Gasteiger partial charge in [-0.1, -0.05) is 0 Å². The van der Waals surface area contributed by atoms with Crippen molar-refractivity contribution in [3.63, 3.8) is 0 Å². The molecule has 1 unspecified atom stereocenters. The molecule has 0 spiro atoms. The van der Waals surface area contributed by atoms with Crippen LogP contribution in [0.3, 0.4) is 0 Å². The first-order valence-corrected chi connectivity index (χ1v) is 3.87. The Hall–Kier alpha value is -0.750. The Labute approximate surface area is 75.4 Å². The van der Waals surface area contributed by atoms with Crippen LogP contribution in [0.1, 0.15) is 6.42 Å². The minimum Gasteiger partial charge on any atom is -0.380 e. The van der Waals surface area contributed by atoms with Crippen LogP contribution in [0.5, 0.6) is 0 Å². The summed E-state index contributed by atoms with van der Waals surface area (Å²) in [5.74, 6) is -0.474. The highest BCUT2D eigenvalue weighted by atomic mass is 19.3. The molecular weight excluding hydrogens is 182 g/mol. The average molecular weight is 196 g/mol. The van der Waals surface area contributed by atoms with Gasteiger partial charge in [0.05, 0.1) is 19.1 Å². The molecule has 4 nitrogen and oxygen atoms in total. The number of carbonyl (C=O) groups excluding carboxylic acids is 1. The molecular formula is C7H14F2N2O2. The quantitative estimate of drug-likeness (QED) is 0.614. The molecule has 0 aliphatic heterocycles. The second-order valence-corrected chi connectivity index (χ2v) is 2.49. The normalized spacial score (nSPS) is 13.0. The van der Waals surface area contributed by atoms with Crippen LogP contribution in [0.4, 0.5) is 8.78 Å². The topological polar surface area (TPSA) is 64.3 Å². The third-order valence-electron chi connectivity index (χ3n) is 1.46. The molecule has 0 saturated heterocycles. The lowest BCUT2D eigenvalue weighted by molar-refractivity contribution is -0.124. The zero-order chi connectivity index (χ0) is 10.3. The van der Waals surface area contributed by atoms with E-state index in [1.54, 1.807) is 0 Å². The minimum atomic E-state index is -2.53. The lowest BCUT2D eigenvalue weighted by atomic mass is 10.2. The molecule has 0 aromatic heterocycles. The molecule has 1 amide bonds. The molecule has 0 aliphatic carbocycles. The maximum absolute atomic E-state index is 11.6. The number of halogens is 2. The van der Waals surface area contributed by atoms with Gasteiger partial charge in [0.1, 0.15) is 0 Å². The number of hydrogen-bond acceptors (Lipinski definition) is 3. The third kappa shape index (κ3) is 6.41. The molecule has 13 heavy (non-hydrogen) atoms. The van der Waals surface area contributed by atoms with Gasteiger partial charge in [-0.25, -0.2) is 8.78 Å². The first-order chi connectivity index (χ1) is 6.10. The number of methoxy groups -OCH3 is 1. The minimum absolute atomic E-state index is 0.0136. The van der Waals surface area contributed by atoms with Crippen molar-refractivity contribution in [1.29, 1.82) is 0 Å². The van der Waals surface area contributed by atoms with Crippen molar-refractivity contribution in [3.05, 3.63) is 0 Å². The predicted octanol–water partition coefficient (Wildman–Crippen LogP) is -0.268. The Morgan fingerprint density at radius 2 is 2.23 bits per heavy atom. The molecule has 78 valence electrons. The molecule has 0 saturated carbocycles. The van der Waals surface area contributed by atoms with Crippen molar-refractivity contribution in [1.82, 2.24) is 5.32 Å². The second-order valence-electron chi connectivity index (χ2n) is 2.49. The van der Waals surface area contributed by atoms with E-state index in [9.17, 15) is 13.6 Å². The Kier molecular flexibility index (Phi) is 6.34. The maximum Gasteiger partial charge on any atom is 0.255 e. The van der Waals surface area contributed by atoms with Gasteiger partial charge in [-0.2, -0.15) is 0 Å². The van der Waals surface area contributed by atoms with Gasteiger partial charge in [0.15, 0.2) is 0 Å². The first-order valence-electron chi connectivity index (χ1n) is 3.87. The summed E-state index contributed by atoms with van der Waals surface area (Å²) in [5.41, 5.74) is 5.23. The van der Waals surface area contributed by atoms with Crippen LogP contribution in [0.15, 0.2) is 0 Å². The molecule has 0 fully saturated rings. The van der Waals surface area contributed by atoms with Gasteiger partial charge < -0.3 is 15.8 Å². The fourth-order valence-corrected chi connectivity index (χ4v) is 0.733. The highest BCUT2D eigenvalue weighted by Gasteiger charge is 2.12. The van der Waals surface area contributed by atoms with Gasteiger partial charge in [-0.3, -0.25) is 4.79 Å². The van der Waals surface area contributed by atoms with E-state index in [0.29, 0.717) is 0 Å². The van der Waals surface area contributed by atoms with Crippen LogP contribution < -0.4 is 11.1 Å². The van der Waals surface area contributed by atoms with E-state index in [-0.39, 0.29) is 13.0 Å². The predicted molar refractivity (Wildman–Crippen MR) is 43.5 cm³/mol. The summed E-state index contributed by atoms with van der Waals surface area (Å²) in [6.45, 7) is -0.432. The van der Waals surface area contributed by atoms with Crippen molar-refractivity contribution in [2.75, 3.05) is 20.2 Å². The van der Waals surface area contributed by atoms with E-state index >= 15 is 0 Å². The number of carbonyl (C=O) groups is 1. The maximum atomic E-state index is 11.6. The summed E-state index contributed by atoms with van der Waals surface area (Å²) in [5, 5.41) is 2.06. The summed E-state index contributed by atoms with van der Waals surface area (Å²) >= 11 is 0. The van der Waals surface area contributed by atoms with Gasteiger partial charge >= 0.3 is 0 Å². The van der Waals surface area contributed by atoms with Crippen LogP contribution in [-0.4, -0.2) is 38.6 Å². The first kappa shape index (κ1) is 12.2. The van der Waals surface area contributed by atoms with Gasteiger partial charge in [0.2, 0.25) is 5.91 Å². The molecule has 0 rings (SSSR count). The largest absolute Gasteiger partial charge is 0.380 e. The van der Waals surface area contributed by atoms with Crippen LogP contribution in [0.2, 0.25) is 0 Å². The number of alkyl halides is 2. The number of nitrogens with two attached hydrogens (primary N) is 1. The Morgan fingerprint density at radius 3 is 2.62 bits per heavy atom. The highest BCUT2D eigenvalue weighted by molar-refractivity contribution is 5.76. The smallest absolute Gasteiger partial charge is 0.255 e. The summed E-state index contributed by atoms with van der Waals surface area (Å²) in [7, 11) is 1.41.